The van der Waals surface area contributed by atoms with Crippen molar-refractivity contribution in [1.29, 1.82) is 0 Å². The fourth-order valence-corrected chi connectivity index (χ4v) is 3.06. The minimum absolute atomic E-state index is 0.0133. The van der Waals surface area contributed by atoms with E-state index >= 15 is 0 Å². The highest BCUT2D eigenvalue weighted by molar-refractivity contribution is 8.00. The van der Waals surface area contributed by atoms with Gasteiger partial charge in [0.15, 0.2) is 0 Å². The van der Waals surface area contributed by atoms with E-state index in [1.807, 2.05) is 11.8 Å². The molecule has 1 aliphatic rings. The van der Waals surface area contributed by atoms with Gasteiger partial charge in [-0.3, -0.25) is 0 Å². The van der Waals surface area contributed by atoms with Gasteiger partial charge in [-0.2, -0.15) is 11.8 Å². The van der Waals surface area contributed by atoms with Crippen molar-refractivity contribution in [2.45, 2.75) is 31.1 Å². The third-order valence-corrected chi connectivity index (χ3v) is 3.90. The first kappa shape index (κ1) is 9.36. The molecule has 2 atom stereocenters. The van der Waals surface area contributed by atoms with E-state index in [1.165, 1.54) is 5.75 Å². The number of nitrogens with one attached hydrogen (secondary N) is 1. The van der Waals surface area contributed by atoms with Crippen molar-refractivity contribution in [3.8, 4) is 0 Å². The maximum atomic E-state index is 9.24. The van der Waals surface area contributed by atoms with Gasteiger partial charge in [0.05, 0.1) is 12.1 Å². The minimum atomic E-state index is 0.0133. The lowest BCUT2D eigenvalue weighted by Crippen LogP contribution is -2.52. The highest BCUT2D eigenvalue weighted by atomic mass is 32.2. The average molecular weight is 175 g/mol. The van der Waals surface area contributed by atoms with Crippen LogP contribution in [0.5, 0.6) is 0 Å². The van der Waals surface area contributed by atoms with Gasteiger partial charge in [0.25, 0.3) is 0 Å². The van der Waals surface area contributed by atoms with Crippen LogP contribution in [0.2, 0.25) is 0 Å². The zero-order valence-electron chi connectivity index (χ0n) is 7.26. The van der Waals surface area contributed by atoms with E-state index in [2.05, 4.69) is 19.2 Å². The van der Waals surface area contributed by atoms with Gasteiger partial charge in [0.2, 0.25) is 0 Å². The number of thioether (sulfide) groups is 1. The Balaban J connectivity index is 2.57. The summed E-state index contributed by atoms with van der Waals surface area (Å²) in [4.78, 5) is 0. The number of aliphatic hydroxyl groups excluding tert-OH is 1. The SMILES string of the molecule is CCNC1(CO)CCSC1C. The molecule has 0 saturated carbocycles. The highest BCUT2D eigenvalue weighted by Gasteiger charge is 2.39. The molecule has 1 fully saturated rings. The predicted molar refractivity (Wildman–Crippen MR) is 50.0 cm³/mol. The van der Waals surface area contributed by atoms with E-state index in [0.717, 1.165) is 13.0 Å². The molecule has 0 bridgehead atoms. The summed E-state index contributed by atoms with van der Waals surface area (Å²) in [6.45, 7) is 5.50. The Morgan fingerprint density at radius 3 is 2.82 bits per heavy atom. The molecule has 0 aromatic rings. The first-order chi connectivity index (χ1) is 5.25. The van der Waals surface area contributed by atoms with E-state index in [9.17, 15) is 5.11 Å². The van der Waals surface area contributed by atoms with E-state index in [4.69, 9.17) is 0 Å². The molecule has 11 heavy (non-hydrogen) atoms. The summed E-state index contributed by atoms with van der Waals surface area (Å²) in [6.07, 6.45) is 1.10. The van der Waals surface area contributed by atoms with Crippen LogP contribution in [0, 0.1) is 0 Å². The molecule has 0 spiro atoms. The Bertz CT molecular complexity index is 131. The number of hydrogen-bond donors (Lipinski definition) is 2. The molecule has 0 aromatic heterocycles. The van der Waals surface area contributed by atoms with Crippen molar-refractivity contribution >= 4 is 11.8 Å². The van der Waals surface area contributed by atoms with Crippen LogP contribution < -0.4 is 5.32 Å². The second-order valence-corrected chi connectivity index (χ2v) is 4.56. The van der Waals surface area contributed by atoms with E-state index in [0.29, 0.717) is 5.25 Å². The molecule has 3 heteroatoms. The lowest BCUT2D eigenvalue weighted by atomic mass is 9.94. The maximum absolute atomic E-state index is 9.24. The summed E-state index contributed by atoms with van der Waals surface area (Å²) in [5, 5.41) is 13.2. The molecule has 0 amide bonds. The number of hydrogen-bond acceptors (Lipinski definition) is 3. The molecule has 2 unspecified atom stereocenters. The molecular weight excluding hydrogens is 158 g/mol. The predicted octanol–water partition coefficient (Wildman–Crippen LogP) is 0.852. The van der Waals surface area contributed by atoms with Crippen LogP contribution in [0.4, 0.5) is 0 Å². The van der Waals surface area contributed by atoms with Crippen LogP contribution in [-0.2, 0) is 0 Å². The van der Waals surface area contributed by atoms with Gasteiger partial charge in [-0.1, -0.05) is 13.8 Å². The minimum Gasteiger partial charge on any atom is -0.394 e. The maximum Gasteiger partial charge on any atom is 0.0624 e. The van der Waals surface area contributed by atoms with Gasteiger partial charge in [-0.05, 0) is 18.7 Å². The van der Waals surface area contributed by atoms with Crippen molar-refractivity contribution < 1.29 is 5.11 Å². The standard InChI is InChI=1S/C8H17NOS/c1-3-9-8(6-10)4-5-11-7(8)2/h7,9-10H,3-6H2,1-2H3. The molecular formula is C8H17NOS. The van der Waals surface area contributed by atoms with Gasteiger partial charge in [-0.15, -0.1) is 0 Å². The normalized spacial score (nSPS) is 37.9. The average Bonchev–Trinajstić information content (AvgIpc) is 2.35. The topological polar surface area (TPSA) is 32.3 Å². The van der Waals surface area contributed by atoms with Gasteiger partial charge >= 0.3 is 0 Å². The van der Waals surface area contributed by atoms with Gasteiger partial charge < -0.3 is 10.4 Å². The molecule has 2 N–H and O–H groups in total. The fourth-order valence-electron chi connectivity index (χ4n) is 1.63. The largest absolute Gasteiger partial charge is 0.394 e. The summed E-state index contributed by atoms with van der Waals surface area (Å²) in [6, 6.07) is 0. The van der Waals surface area contributed by atoms with Crippen molar-refractivity contribution in [2.24, 2.45) is 0 Å². The third kappa shape index (κ3) is 1.71. The Morgan fingerprint density at radius 2 is 2.45 bits per heavy atom. The van der Waals surface area contributed by atoms with Crippen LogP contribution in [0.1, 0.15) is 20.3 Å². The Hall–Kier alpha value is 0.270. The number of rotatable bonds is 3. The second-order valence-electron chi connectivity index (χ2n) is 3.11. The van der Waals surface area contributed by atoms with E-state index < -0.39 is 0 Å². The lowest BCUT2D eigenvalue weighted by molar-refractivity contribution is 0.164. The molecule has 1 aliphatic heterocycles. The highest BCUT2D eigenvalue weighted by Crippen LogP contribution is 2.34. The smallest absolute Gasteiger partial charge is 0.0624 e. The van der Waals surface area contributed by atoms with Crippen molar-refractivity contribution in [1.82, 2.24) is 5.32 Å². The summed E-state index contributed by atoms with van der Waals surface area (Å²) < 4.78 is 0. The van der Waals surface area contributed by atoms with Crippen LogP contribution >= 0.6 is 11.8 Å². The quantitative estimate of drug-likeness (QED) is 0.667. The summed E-state index contributed by atoms with van der Waals surface area (Å²) in [7, 11) is 0. The third-order valence-electron chi connectivity index (χ3n) is 2.51. The Labute approximate surface area is 72.8 Å². The molecule has 0 aliphatic carbocycles. The molecule has 0 radical (unpaired) electrons. The molecule has 2 nitrogen and oxygen atoms in total. The Morgan fingerprint density at radius 1 is 1.73 bits per heavy atom. The van der Waals surface area contributed by atoms with E-state index in [1.54, 1.807) is 0 Å². The van der Waals surface area contributed by atoms with Crippen molar-refractivity contribution in [3.63, 3.8) is 0 Å². The van der Waals surface area contributed by atoms with Crippen molar-refractivity contribution in [3.05, 3.63) is 0 Å². The van der Waals surface area contributed by atoms with Crippen molar-refractivity contribution in [2.75, 3.05) is 18.9 Å². The van der Waals surface area contributed by atoms with E-state index in [-0.39, 0.29) is 12.1 Å². The van der Waals surface area contributed by atoms with Crippen LogP contribution in [0.25, 0.3) is 0 Å². The molecule has 1 rings (SSSR count). The monoisotopic (exact) mass is 175 g/mol. The van der Waals surface area contributed by atoms with Gasteiger partial charge in [-0.25, -0.2) is 0 Å². The first-order valence-corrected chi connectivity index (χ1v) is 5.27. The van der Waals surface area contributed by atoms with Crippen LogP contribution in [0.15, 0.2) is 0 Å². The zero-order valence-corrected chi connectivity index (χ0v) is 8.08. The van der Waals surface area contributed by atoms with Gasteiger partial charge in [0.1, 0.15) is 0 Å². The van der Waals surface area contributed by atoms with Gasteiger partial charge in [0, 0.05) is 5.25 Å². The van der Waals surface area contributed by atoms with Crippen LogP contribution in [-0.4, -0.2) is 34.8 Å². The fraction of sp³-hybridized carbons (Fsp3) is 1.00. The zero-order chi connectivity index (χ0) is 8.32. The summed E-state index contributed by atoms with van der Waals surface area (Å²) in [5.41, 5.74) is 0.0133. The molecule has 1 heterocycles. The molecule has 0 aromatic carbocycles. The molecule has 66 valence electrons. The Kier molecular flexibility index (Phi) is 3.22. The van der Waals surface area contributed by atoms with Crippen LogP contribution in [0.3, 0.4) is 0 Å². The number of aliphatic hydroxyl groups is 1. The summed E-state index contributed by atoms with van der Waals surface area (Å²) >= 11 is 1.95. The number of likely N-dealkylation sites (N-methyl/N-ethyl adjacent to an activating group) is 1. The second kappa shape index (κ2) is 3.78. The summed E-state index contributed by atoms with van der Waals surface area (Å²) in [5.74, 6) is 1.18. The first-order valence-electron chi connectivity index (χ1n) is 4.22. The lowest BCUT2D eigenvalue weighted by Gasteiger charge is -2.31. The molecule has 1 saturated heterocycles.